The van der Waals surface area contributed by atoms with Gasteiger partial charge < -0.3 is 9.90 Å². The van der Waals surface area contributed by atoms with Crippen molar-refractivity contribution in [2.45, 2.75) is 70.6 Å². The molecule has 0 spiro atoms. The number of rotatable bonds is 11. The van der Waals surface area contributed by atoms with Crippen LogP contribution in [-0.4, -0.2) is 5.97 Å². The van der Waals surface area contributed by atoms with Gasteiger partial charge in [-0.15, -0.1) is 12.3 Å². The topological polar surface area (TPSA) is 40.1 Å². The van der Waals surface area contributed by atoms with Crippen LogP contribution in [0.5, 0.6) is 0 Å². The Morgan fingerprint density at radius 3 is 1.71 bits per heavy atom. The van der Waals surface area contributed by atoms with Gasteiger partial charge >= 0.3 is 29.6 Å². The van der Waals surface area contributed by atoms with Crippen molar-refractivity contribution in [1.29, 1.82) is 0 Å². The van der Waals surface area contributed by atoms with Crippen molar-refractivity contribution in [2.24, 2.45) is 0 Å². The monoisotopic (exact) mass is 246 g/mol. The summed E-state index contributed by atoms with van der Waals surface area (Å²) < 4.78 is 0. The Morgan fingerprint density at radius 2 is 1.29 bits per heavy atom. The summed E-state index contributed by atoms with van der Waals surface area (Å²) in [7, 11) is 0. The zero-order chi connectivity index (χ0) is 12.1. The van der Waals surface area contributed by atoms with E-state index >= 15 is 0 Å². The van der Waals surface area contributed by atoms with E-state index in [1.807, 2.05) is 0 Å². The van der Waals surface area contributed by atoms with E-state index in [1.165, 1.54) is 32.1 Å². The van der Waals surface area contributed by atoms with Gasteiger partial charge in [-0.25, -0.2) is 0 Å². The number of unbranched alkanes of at least 4 members (excludes halogenated alkanes) is 9. The van der Waals surface area contributed by atoms with Crippen molar-refractivity contribution in [2.75, 3.05) is 0 Å². The Balaban J connectivity index is 0. The molecule has 0 heterocycles. The maximum absolute atomic E-state index is 10.1. The largest absolute Gasteiger partial charge is 1.00 e. The van der Waals surface area contributed by atoms with E-state index in [0.717, 1.165) is 32.1 Å². The molecule has 0 fully saturated rings. The quantitative estimate of drug-likeness (QED) is 0.284. The molecule has 0 saturated carbocycles. The second kappa shape index (κ2) is 16.0. The van der Waals surface area contributed by atoms with Gasteiger partial charge in [0.2, 0.25) is 0 Å². The third-order valence-corrected chi connectivity index (χ3v) is 2.70. The molecule has 0 aliphatic heterocycles. The zero-order valence-corrected chi connectivity index (χ0v) is 13.2. The normalized spacial score (nSPS) is 9.35. The van der Waals surface area contributed by atoms with Crippen LogP contribution in [0.25, 0.3) is 0 Å². The molecule has 0 aliphatic carbocycles. The zero-order valence-electron chi connectivity index (χ0n) is 11.2. The average molecular weight is 246 g/mol. The van der Waals surface area contributed by atoms with E-state index in [9.17, 15) is 9.90 Å². The number of carbonyl (C=O) groups is 1. The van der Waals surface area contributed by atoms with E-state index in [4.69, 9.17) is 6.42 Å². The van der Waals surface area contributed by atoms with Crippen molar-refractivity contribution in [1.82, 2.24) is 0 Å². The molecule has 0 saturated heterocycles. The Bertz CT molecular complexity index is 209. The van der Waals surface area contributed by atoms with Crippen molar-refractivity contribution in [3.8, 4) is 12.3 Å². The Labute approximate surface area is 128 Å². The van der Waals surface area contributed by atoms with Gasteiger partial charge in [-0.2, -0.15) is 0 Å². The van der Waals surface area contributed by atoms with Crippen LogP contribution in [-0.2, 0) is 4.79 Å². The molecule has 2 nitrogen and oxygen atoms in total. The Kier molecular flexibility index (Phi) is 18.3. The summed E-state index contributed by atoms with van der Waals surface area (Å²) in [5.41, 5.74) is 0. The number of aliphatic carboxylic acids is 1. The van der Waals surface area contributed by atoms with E-state index in [1.54, 1.807) is 0 Å². The fourth-order valence-electron chi connectivity index (χ4n) is 1.73. The van der Waals surface area contributed by atoms with Crippen molar-refractivity contribution in [3.63, 3.8) is 0 Å². The van der Waals surface area contributed by atoms with Gasteiger partial charge in [0, 0.05) is 12.4 Å². The number of carboxylic acids is 1. The van der Waals surface area contributed by atoms with Crippen LogP contribution in [0.2, 0.25) is 0 Å². The first-order valence-electron chi connectivity index (χ1n) is 6.40. The van der Waals surface area contributed by atoms with Gasteiger partial charge in [-0.3, -0.25) is 0 Å². The molecule has 92 valence electrons. The average Bonchev–Trinajstić information content (AvgIpc) is 2.25. The molecule has 3 heteroatoms. The van der Waals surface area contributed by atoms with Gasteiger partial charge in [0.1, 0.15) is 0 Å². The molecule has 0 radical (unpaired) electrons. The number of carboxylic acid groups (broad SMARTS) is 1. The van der Waals surface area contributed by atoms with Gasteiger partial charge in [0.15, 0.2) is 0 Å². The van der Waals surface area contributed by atoms with Crippen LogP contribution in [0.1, 0.15) is 70.6 Å². The fourth-order valence-corrected chi connectivity index (χ4v) is 1.73. The van der Waals surface area contributed by atoms with Crippen LogP contribution in [0, 0.1) is 12.3 Å². The number of terminal acetylenes is 1. The van der Waals surface area contributed by atoms with Crippen molar-refractivity contribution in [3.05, 3.63) is 0 Å². The summed E-state index contributed by atoms with van der Waals surface area (Å²) >= 11 is 0. The van der Waals surface area contributed by atoms with Gasteiger partial charge in [-0.1, -0.05) is 44.9 Å². The Morgan fingerprint density at radius 1 is 0.882 bits per heavy atom. The van der Waals surface area contributed by atoms with Crippen LogP contribution >= 0.6 is 0 Å². The molecule has 0 atom stereocenters. The molecular weight excluding hydrogens is 223 g/mol. The molecular formula is C14H23NaO2. The predicted octanol–water partition coefficient (Wildman–Crippen LogP) is -0.335. The Hall–Kier alpha value is 0.0300. The van der Waals surface area contributed by atoms with Crippen molar-refractivity contribution >= 4 is 5.97 Å². The maximum Gasteiger partial charge on any atom is 1.00 e. The van der Waals surface area contributed by atoms with E-state index < -0.39 is 5.97 Å². The molecule has 0 rings (SSSR count). The first-order valence-corrected chi connectivity index (χ1v) is 6.40. The molecule has 0 aromatic heterocycles. The fraction of sp³-hybridized carbons (Fsp3) is 0.786. The summed E-state index contributed by atoms with van der Waals surface area (Å²) in [4.78, 5) is 10.1. The predicted molar refractivity (Wildman–Crippen MR) is 64.6 cm³/mol. The first-order chi connectivity index (χ1) is 7.77. The van der Waals surface area contributed by atoms with Gasteiger partial charge in [0.25, 0.3) is 0 Å². The van der Waals surface area contributed by atoms with Gasteiger partial charge in [0.05, 0.1) is 0 Å². The third-order valence-electron chi connectivity index (χ3n) is 2.70. The van der Waals surface area contributed by atoms with Gasteiger partial charge in [-0.05, 0) is 19.3 Å². The number of hydrogen-bond donors (Lipinski definition) is 0. The van der Waals surface area contributed by atoms with Crippen molar-refractivity contribution < 1.29 is 39.5 Å². The molecule has 0 amide bonds. The van der Waals surface area contributed by atoms with Crippen LogP contribution < -0.4 is 34.7 Å². The smallest absolute Gasteiger partial charge is 0.550 e. The summed E-state index contributed by atoms with van der Waals surface area (Å²) in [6.07, 6.45) is 16.7. The standard InChI is InChI=1S/C14H24O2.Na/c1-2-3-4-5-6-7-8-9-10-11-12-13-14(15)16;/h1H,3-13H2,(H,15,16);/q;+1/p-1. The molecule has 0 N–H and O–H groups in total. The second-order valence-electron chi connectivity index (χ2n) is 4.26. The number of hydrogen-bond acceptors (Lipinski definition) is 2. The second-order valence-corrected chi connectivity index (χ2v) is 4.26. The number of carbonyl (C=O) groups excluding carboxylic acids is 1. The third kappa shape index (κ3) is 18.6. The van der Waals surface area contributed by atoms with Crippen LogP contribution in [0.4, 0.5) is 0 Å². The minimum atomic E-state index is -0.923. The van der Waals surface area contributed by atoms with Crippen LogP contribution in [0.15, 0.2) is 0 Å². The molecule has 0 bridgehead atoms. The van der Waals surface area contributed by atoms with E-state index in [2.05, 4.69) is 5.92 Å². The molecule has 0 aromatic rings. The summed E-state index contributed by atoms with van der Waals surface area (Å²) in [5.74, 6) is 1.73. The molecule has 17 heavy (non-hydrogen) atoms. The summed E-state index contributed by atoms with van der Waals surface area (Å²) in [5, 5.41) is 10.1. The minimum Gasteiger partial charge on any atom is -0.550 e. The molecule has 0 aromatic carbocycles. The van der Waals surface area contributed by atoms with E-state index in [-0.39, 0.29) is 36.0 Å². The van der Waals surface area contributed by atoms with E-state index in [0.29, 0.717) is 0 Å². The maximum atomic E-state index is 10.1. The molecule has 0 aliphatic rings. The summed E-state index contributed by atoms with van der Waals surface area (Å²) in [6.45, 7) is 0. The molecule has 0 unspecified atom stereocenters. The van der Waals surface area contributed by atoms with Crippen LogP contribution in [0.3, 0.4) is 0 Å². The SMILES string of the molecule is C#CCCCCCCCCCCCC(=O)[O-].[Na+]. The summed E-state index contributed by atoms with van der Waals surface area (Å²) in [6, 6.07) is 0. The minimum absolute atomic E-state index is 0. The first kappa shape index (κ1) is 19.4.